The number of hydrazine groups is 1. The summed E-state index contributed by atoms with van der Waals surface area (Å²) in [6.45, 7) is 18.7. The predicted molar refractivity (Wildman–Crippen MR) is 239 cm³/mol. The molecule has 14 heteroatoms. The molecule has 4 N–H and O–H groups in total. The van der Waals surface area contributed by atoms with Gasteiger partial charge in [-0.25, -0.2) is 10.2 Å². The number of anilines is 2. The van der Waals surface area contributed by atoms with E-state index in [9.17, 15) is 14.4 Å². The number of esters is 1. The molecule has 0 aliphatic carbocycles. The van der Waals surface area contributed by atoms with E-state index in [1.165, 1.54) is 5.01 Å². The van der Waals surface area contributed by atoms with Gasteiger partial charge in [-0.05, 0) is 114 Å². The molecule has 0 radical (unpaired) electrons. The van der Waals surface area contributed by atoms with Gasteiger partial charge in [0.05, 0.1) is 36.0 Å². The van der Waals surface area contributed by atoms with Crippen molar-refractivity contribution in [2.75, 3.05) is 64.1 Å². The number of rotatable bonds is 6. The number of benzene rings is 2. The third kappa shape index (κ3) is 9.82. The summed E-state index contributed by atoms with van der Waals surface area (Å²) in [6, 6.07) is 12.8. The number of piperazine rings is 1. The molecule has 5 heterocycles. The SMILES string of the molecule is CCn1c(-c2cc(N3CCN(C)CC3)cnc2[C@H](C)OC)c2c3cc(ccc31)-c1cc(N)cc(c1)C[C@H](NC(=O)OC(C)(C)C)C(=O)N1CCC[C@H](N1)C(=O)OCC(C)(C)C2. The van der Waals surface area contributed by atoms with Crippen molar-refractivity contribution < 1.29 is 28.6 Å². The van der Waals surface area contributed by atoms with Gasteiger partial charge in [0, 0.05) is 80.4 Å². The van der Waals surface area contributed by atoms with E-state index in [1.54, 1.807) is 27.9 Å². The molecule has 2 amide bonds. The van der Waals surface area contributed by atoms with Gasteiger partial charge >= 0.3 is 12.1 Å². The van der Waals surface area contributed by atoms with Crippen LogP contribution in [0.5, 0.6) is 0 Å². The van der Waals surface area contributed by atoms with E-state index in [0.717, 1.165) is 82.0 Å². The fourth-order valence-corrected chi connectivity index (χ4v) is 8.83. The molecule has 2 aromatic heterocycles. The minimum Gasteiger partial charge on any atom is -0.464 e. The predicted octanol–water partition coefficient (Wildman–Crippen LogP) is 6.49. The molecule has 2 aromatic carbocycles. The molecule has 3 atom stereocenters. The number of nitrogens with two attached hydrogens (primary N) is 1. The molecule has 0 saturated carbocycles. The van der Waals surface area contributed by atoms with Gasteiger partial charge in [0.2, 0.25) is 0 Å². The monoisotopic (exact) mass is 836 g/mol. The number of likely N-dealkylation sites (N-methyl/N-ethyl adjacent to an activating group) is 1. The van der Waals surface area contributed by atoms with Crippen molar-refractivity contribution in [1.29, 1.82) is 0 Å². The number of fused-ring (bicyclic) bond motifs is 6. The van der Waals surface area contributed by atoms with E-state index in [2.05, 4.69) is 77.2 Å². The van der Waals surface area contributed by atoms with Crippen LogP contribution in [-0.4, -0.2) is 109 Å². The van der Waals surface area contributed by atoms with Crippen molar-refractivity contribution in [3.8, 4) is 22.4 Å². The summed E-state index contributed by atoms with van der Waals surface area (Å²) in [5, 5.41) is 5.33. The second kappa shape index (κ2) is 17.7. The molecule has 3 aliphatic heterocycles. The molecular weight excluding hydrogens is 773 g/mol. The highest BCUT2D eigenvalue weighted by Gasteiger charge is 2.36. The van der Waals surface area contributed by atoms with Crippen LogP contribution in [0.25, 0.3) is 33.3 Å². The molecule has 4 aromatic rings. The number of aryl methyl sites for hydroxylation is 1. The molecule has 328 valence electrons. The summed E-state index contributed by atoms with van der Waals surface area (Å²) >= 11 is 0. The van der Waals surface area contributed by atoms with Crippen molar-refractivity contribution in [3.05, 3.63) is 65.5 Å². The van der Waals surface area contributed by atoms with E-state index in [-0.39, 0.29) is 25.0 Å². The van der Waals surface area contributed by atoms with Crippen LogP contribution in [0, 0.1) is 5.41 Å². The summed E-state index contributed by atoms with van der Waals surface area (Å²) in [5.41, 5.74) is 17.8. The van der Waals surface area contributed by atoms with Gasteiger partial charge < -0.3 is 39.6 Å². The number of hydrogen-bond acceptors (Lipinski definition) is 11. The quantitative estimate of drug-likeness (QED) is 0.144. The third-order valence-electron chi connectivity index (χ3n) is 12.0. The van der Waals surface area contributed by atoms with Crippen LogP contribution < -0.4 is 21.4 Å². The summed E-state index contributed by atoms with van der Waals surface area (Å²) in [7, 11) is 3.88. The normalized spacial score (nSPS) is 20.9. The first-order valence-corrected chi connectivity index (χ1v) is 21.7. The van der Waals surface area contributed by atoms with E-state index < -0.39 is 35.2 Å². The van der Waals surface area contributed by atoms with E-state index in [4.69, 9.17) is 24.9 Å². The topological polar surface area (TPSA) is 157 Å². The van der Waals surface area contributed by atoms with E-state index in [1.807, 2.05) is 31.3 Å². The Bertz CT molecular complexity index is 2270. The zero-order valence-corrected chi connectivity index (χ0v) is 37.4. The number of carbonyl (C=O) groups is 3. The van der Waals surface area contributed by atoms with Crippen LogP contribution in [0.3, 0.4) is 0 Å². The Hall–Kier alpha value is -5.18. The smallest absolute Gasteiger partial charge is 0.408 e. The Balaban J connectivity index is 1.41. The van der Waals surface area contributed by atoms with Gasteiger partial charge in [-0.1, -0.05) is 26.0 Å². The molecule has 6 bridgehead atoms. The minimum atomic E-state index is -1.02. The number of ether oxygens (including phenoxy) is 3. The van der Waals surface area contributed by atoms with Gasteiger partial charge in [0.1, 0.15) is 17.7 Å². The first kappa shape index (κ1) is 43.9. The second-order valence-corrected chi connectivity index (χ2v) is 18.7. The molecule has 61 heavy (non-hydrogen) atoms. The maximum absolute atomic E-state index is 14.3. The number of alkyl carbamates (subject to hydrolysis) is 1. The Morgan fingerprint density at radius 1 is 1.07 bits per heavy atom. The third-order valence-corrected chi connectivity index (χ3v) is 12.0. The molecule has 3 aliphatic rings. The highest BCUT2D eigenvalue weighted by atomic mass is 16.6. The first-order valence-electron chi connectivity index (χ1n) is 21.7. The maximum atomic E-state index is 14.3. The number of amides is 2. The first-order chi connectivity index (χ1) is 28.9. The fourth-order valence-electron chi connectivity index (χ4n) is 8.83. The summed E-state index contributed by atoms with van der Waals surface area (Å²) < 4.78 is 20.1. The van der Waals surface area contributed by atoms with Crippen LogP contribution >= 0.6 is 0 Å². The summed E-state index contributed by atoms with van der Waals surface area (Å²) in [4.78, 5) is 51.2. The van der Waals surface area contributed by atoms with Crippen molar-refractivity contribution in [2.24, 2.45) is 5.41 Å². The minimum absolute atomic E-state index is 0.137. The second-order valence-electron chi connectivity index (χ2n) is 18.7. The van der Waals surface area contributed by atoms with Gasteiger partial charge in [0.15, 0.2) is 0 Å². The number of pyridine rings is 1. The number of cyclic esters (lactones) is 1. The molecule has 0 unspecified atom stereocenters. The fraction of sp³-hybridized carbons (Fsp3) is 0.532. The van der Waals surface area contributed by atoms with Gasteiger partial charge in [0.25, 0.3) is 5.91 Å². The Kier molecular flexibility index (Phi) is 12.7. The number of nitrogens with zero attached hydrogens (tertiary/aromatic N) is 5. The number of carbonyl (C=O) groups excluding carboxylic acids is 3. The van der Waals surface area contributed by atoms with Crippen LogP contribution in [-0.2, 0) is 43.2 Å². The van der Waals surface area contributed by atoms with Crippen molar-refractivity contribution >= 4 is 40.2 Å². The average Bonchev–Trinajstić information content (AvgIpc) is 3.52. The molecule has 7 rings (SSSR count). The van der Waals surface area contributed by atoms with Crippen molar-refractivity contribution in [2.45, 2.75) is 104 Å². The van der Waals surface area contributed by atoms with E-state index >= 15 is 0 Å². The lowest BCUT2D eigenvalue weighted by molar-refractivity contribution is -0.155. The van der Waals surface area contributed by atoms with Gasteiger partial charge in [-0.2, -0.15) is 0 Å². The molecule has 2 saturated heterocycles. The molecular formula is C47H64N8O6. The molecule has 14 nitrogen and oxygen atoms in total. The lowest BCUT2D eigenvalue weighted by atomic mass is 9.84. The highest BCUT2D eigenvalue weighted by molar-refractivity contribution is 5.96. The summed E-state index contributed by atoms with van der Waals surface area (Å²) in [5.74, 6) is -0.816. The Labute approximate surface area is 360 Å². The lowest BCUT2D eigenvalue weighted by Gasteiger charge is -2.35. The number of hydrogen-bond donors (Lipinski definition) is 3. The lowest BCUT2D eigenvalue weighted by Crippen LogP contribution is -2.60. The van der Waals surface area contributed by atoms with Gasteiger partial charge in [-0.15, -0.1) is 0 Å². The summed E-state index contributed by atoms with van der Waals surface area (Å²) in [6.07, 6.45) is 2.79. The van der Waals surface area contributed by atoms with Crippen LogP contribution in [0.4, 0.5) is 16.2 Å². The standard InChI is InChI=1S/C47H64N8O6/c1-10-54-40-14-13-31-24-35(40)37(42(54)36-25-34(27-49-41(36)29(2)59-9)53-18-16-52(8)17-19-53)26-47(6,7)28-60-44(57)38-12-11-15-55(51-38)43(56)39(50-45(58)61-46(3,4)5)22-30-20-32(31)23-33(48)21-30/h13-14,20-21,23-25,27,29,38-39,51H,10-12,15-19,22,26,28,48H2,1-9H3,(H,50,58)/t29-,38-,39-/m0/s1. The highest BCUT2D eigenvalue weighted by Crippen LogP contribution is 2.43. The largest absolute Gasteiger partial charge is 0.464 e. The maximum Gasteiger partial charge on any atom is 0.408 e. The van der Waals surface area contributed by atoms with Crippen molar-refractivity contribution in [3.63, 3.8) is 0 Å². The molecule has 0 spiro atoms. The van der Waals surface area contributed by atoms with Crippen LogP contribution in [0.2, 0.25) is 0 Å². The Morgan fingerprint density at radius 2 is 1.82 bits per heavy atom. The van der Waals surface area contributed by atoms with Gasteiger partial charge in [-0.3, -0.25) is 19.6 Å². The van der Waals surface area contributed by atoms with Crippen LogP contribution in [0.15, 0.2) is 48.7 Å². The Morgan fingerprint density at radius 3 is 2.52 bits per heavy atom. The van der Waals surface area contributed by atoms with Crippen LogP contribution in [0.1, 0.15) is 84.2 Å². The molecule has 2 fully saturated rings. The number of nitrogen functional groups attached to an aromatic ring is 1. The zero-order chi connectivity index (χ0) is 43.8. The average molecular weight is 837 g/mol. The zero-order valence-electron chi connectivity index (χ0n) is 37.4. The van der Waals surface area contributed by atoms with E-state index in [0.29, 0.717) is 38.0 Å². The number of nitrogens with one attached hydrogen (secondary N) is 2. The number of methoxy groups -OCH3 is 1. The number of aromatic nitrogens is 2. The van der Waals surface area contributed by atoms with Crippen molar-refractivity contribution in [1.82, 2.24) is 30.2 Å².